The summed E-state index contributed by atoms with van der Waals surface area (Å²) >= 11 is 5.84. The molecule has 0 unspecified atom stereocenters. The van der Waals surface area contributed by atoms with Crippen LogP contribution in [-0.2, 0) is 11.2 Å². The van der Waals surface area contributed by atoms with Crippen molar-refractivity contribution in [3.63, 3.8) is 0 Å². The number of carbonyl (C=O) groups is 1. The third-order valence-electron chi connectivity index (χ3n) is 4.68. The van der Waals surface area contributed by atoms with Gasteiger partial charge < -0.3 is 15.2 Å². The Morgan fingerprint density at radius 2 is 2.23 bits per heavy atom. The number of hydrogen-bond donors (Lipinski definition) is 2. The van der Waals surface area contributed by atoms with E-state index in [4.69, 9.17) is 16.3 Å². The second kappa shape index (κ2) is 8.12. The molecule has 26 heavy (non-hydrogen) atoms. The Balaban J connectivity index is 1.80. The van der Waals surface area contributed by atoms with Crippen LogP contribution < -0.4 is 5.32 Å². The van der Waals surface area contributed by atoms with Crippen molar-refractivity contribution in [2.75, 3.05) is 13.2 Å². The number of carbonyl (C=O) groups excluding carboxylic acids is 1. The van der Waals surface area contributed by atoms with E-state index in [-0.39, 0.29) is 5.91 Å². The van der Waals surface area contributed by atoms with Crippen molar-refractivity contribution in [3.05, 3.63) is 57.6 Å². The van der Waals surface area contributed by atoms with Crippen molar-refractivity contribution in [3.8, 4) is 0 Å². The molecular formula is C19H22ClN3O3. The summed E-state index contributed by atoms with van der Waals surface area (Å²) in [6.45, 7) is 4.69. The summed E-state index contributed by atoms with van der Waals surface area (Å²) in [7, 11) is 0. The smallest absolute Gasteiger partial charge is 0.270 e. The number of rotatable bonds is 4. The number of aromatic nitrogens is 2. The Morgan fingerprint density at radius 1 is 1.42 bits per heavy atom. The molecular weight excluding hydrogens is 354 g/mol. The van der Waals surface area contributed by atoms with Gasteiger partial charge in [-0.3, -0.25) is 4.79 Å². The van der Waals surface area contributed by atoms with Gasteiger partial charge in [-0.05, 0) is 55.5 Å². The van der Waals surface area contributed by atoms with Crippen LogP contribution in [0.4, 0.5) is 0 Å². The fourth-order valence-corrected chi connectivity index (χ4v) is 3.05. The third kappa shape index (κ3) is 4.38. The monoisotopic (exact) mass is 375 g/mol. The van der Waals surface area contributed by atoms with Crippen LogP contribution in [0.1, 0.15) is 39.3 Å². The van der Waals surface area contributed by atoms with E-state index >= 15 is 0 Å². The molecule has 0 radical (unpaired) electrons. The van der Waals surface area contributed by atoms with Crippen LogP contribution in [0.2, 0.25) is 5.15 Å². The Bertz CT molecular complexity index is 795. The van der Waals surface area contributed by atoms with Gasteiger partial charge in [-0.2, -0.15) is 0 Å². The van der Waals surface area contributed by atoms with Crippen LogP contribution in [0.5, 0.6) is 0 Å². The number of amides is 1. The van der Waals surface area contributed by atoms with Gasteiger partial charge in [0.25, 0.3) is 5.91 Å². The number of aliphatic hydroxyl groups is 1. The van der Waals surface area contributed by atoms with Gasteiger partial charge >= 0.3 is 0 Å². The highest BCUT2D eigenvalue weighted by molar-refractivity contribution is 6.29. The van der Waals surface area contributed by atoms with E-state index in [1.807, 2.05) is 19.9 Å². The zero-order chi connectivity index (χ0) is 18.7. The number of hydrogen-bond acceptors (Lipinski definition) is 5. The molecule has 2 aromatic heterocycles. The van der Waals surface area contributed by atoms with Crippen LogP contribution in [0.25, 0.3) is 0 Å². The van der Waals surface area contributed by atoms with Crippen LogP contribution >= 0.6 is 11.6 Å². The lowest BCUT2D eigenvalue weighted by molar-refractivity contribution is -0.0140. The number of pyridine rings is 2. The molecule has 3 heterocycles. The molecule has 6 nitrogen and oxygen atoms in total. The normalized spacial score (nSPS) is 20.0. The van der Waals surface area contributed by atoms with E-state index in [2.05, 4.69) is 15.3 Å². The van der Waals surface area contributed by atoms with E-state index in [1.165, 1.54) is 0 Å². The standard InChI is InChI=1S/C19H22ClN3O3/c1-11-12(2)22-15(19(25)23-16-10-26-6-5-17(16)24)8-14(11)7-13-3-4-18(20)21-9-13/h3-4,8-9,16-17,24H,5-7,10H2,1-2H3,(H,23,25)/t16-,17-/m0/s1. The largest absolute Gasteiger partial charge is 0.391 e. The lowest BCUT2D eigenvalue weighted by Gasteiger charge is -2.28. The Hall–Kier alpha value is -2.02. The molecule has 138 valence electrons. The Morgan fingerprint density at radius 3 is 2.92 bits per heavy atom. The van der Waals surface area contributed by atoms with Crippen LogP contribution in [0, 0.1) is 13.8 Å². The summed E-state index contributed by atoms with van der Waals surface area (Å²) in [5.74, 6) is -0.307. The summed E-state index contributed by atoms with van der Waals surface area (Å²) in [4.78, 5) is 21.1. The first kappa shape index (κ1) is 18.8. The second-order valence-corrected chi connectivity index (χ2v) is 6.94. The van der Waals surface area contributed by atoms with E-state index in [1.54, 1.807) is 18.3 Å². The molecule has 2 atom stereocenters. The second-order valence-electron chi connectivity index (χ2n) is 6.55. The molecule has 0 aliphatic carbocycles. The molecule has 3 rings (SSSR count). The van der Waals surface area contributed by atoms with Crippen molar-refractivity contribution >= 4 is 17.5 Å². The summed E-state index contributed by atoms with van der Waals surface area (Å²) in [5.41, 5.74) is 4.19. The first-order chi connectivity index (χ1) is 12.4. The van der Waals surface area contributed by atoms with Gasteiger partial charge in [-0.15, -0.1) is 0 Å². The van der Waals surface area contributed by atoms with Crippen molar-refractivity contribution in [2.24, 2.45) is 0 Å². The highest BCUT2D eigenvalue weighted by atomic mass is 35.5. The number of ether oxygens (including phenoxy) is 1. The van der Waals surface area contributed by atoms with E-state index in [0.717, 1.165) is 22.4 Å². The number of halogens is 1. The quantitative estimate of drug-likeness (QED) is 0.800. The summed E-state index contributed by atoms with van der Waals surface area (Å²) in [6, 6.07) is 5.05. The maximum atomic E-state index is 12.6. The minimum absolute atomic E-state index is 0.307. The third-order valence-corrected chi connectivity index (χ3v) is 4.90. The zero-order valence-corrected chi connectivity index (χ0v) is 15.6. The zero-order valence-electron chi connectivity index (χ0n) is 14.8. The van der Waals surface area contributed by atoms with E-state index < -0.39 is 12.1 Å². The van der Waals surface area contributed by atoms with Crippen molar-refractivity contribution < 1.29 is 14.6 Å². The fraction of sp³-hybridized carbons (Fsp3) is 0.421. The van der Waals surface area contributed by atoms with Crippen LogP contribution in [0.3, 0.4) is 0 Å². The van der Waals surface area contributed by atoms with Gasteiger partial charge in [0.05, 0.1) is 18.8 Å². The van der Waals surface area contributed by atoms with Gasteiger partial charge in [-0.25, -0.2) is 9.97 Å². The average Bonchev–Trinajstić information content (AvgIpc) is 2.62. The minimum Gasteiger partial charge on any atom is -0.391 e. The first-order valence-electron chi connectivity index (χ1n) is 8.58. The molecule has 1 fully saturated rings. The Labute approximate surface area is 157 Å². The van der Waals surface area contributed by atoms with Crippen molar-refractivity contribution in [1.29, 1.82) is 0 Å². The molecule has 2 aromatic rings. The number of aliphatic hydroxyl groups excluding tert-OH is 1. The van der Waals surface area contributed by atoms with Crippen molar-refractivity contribution in [1.82, 2.24) is 15.3 Å². The topological polar surface area (TPSA) is 84.3 Å². The van der Waals surface area contributed by atoms with Gasteiger partial charge in [-0.1, -0.05) is 17.7 Å². The molecule has 1 amide bonds. The van der Waals surface area contributed by atoms with Gasteiger partial charge in [0.15, 0.2) is 0 Å². The number of aryl methyl sites for hydroxylation is 1. The van der Waals surface area contributed by atoms with Crippen LogP contribution in [0.15, 0.2) is 24.4 Å². The van der Waals surface area contributed by atoms with Gasteiger partial charge in [0.2, 0.25) is 0 Å². The maximum Gasteiger partial charge on any atom is 0.270 e. The molecule has 0 spiro atoms. The van der Waals surface area contributed by atoms with Crippen LogP contribution in [-0.4, -0.2) is 46.3 Å². The molecule has 1 aliphatic heterocycles. The first-order valence-corrected chi connectivity index (χ1v) is 8.96. The van der Waals surface area contributed by atoms with E-state index in [0.29, 0.717) is 36.9 Å². The van der Waals surface area contributed by atoms with Gasteiger partial charge in [0, 0.05) is 18.5 Å². The van der Waals surface area contributed by atoms with Gasteiger partial charge in [0.1, 0.15) is 10.8 Å². The molecule has 7 heteroatoms. The summed E-state index contributed by atoms with van der Waals surface area (Å²) in [5, 5.41) is 13.3. The lowest BCUT2D eigenvalue weighted by Crippen LogP contribution is -2.49. The summed E-state index contributed by atoms with van der Waals surface area (Å²) in [6.07, 6.45) is 2.28. The maximum absolute atomic E-state index is 12.6. The SMILES string of the molecule is Cc1nc(C(=O)N[C@H]2COCC[C@@H]2O)cc(Cc2ccc(Cl)nc2)c1C. The molecule has 0 bridgehead atoms. The minimum atomic E-state index is -0.598. The van der Waals surface area contributed by atoms with E-state index in [9.17, 15) is 9.90 Å². The highest BCUT2D eigenvalue weighted by Gasteiger charge is 2.26. The summed E-state index contributed by atoms with van der Waals surface area (Å²) < 4.78 is 5.33. The van der Waals surface area contributed by atoms with Crippen molar-refractivity contribution in [2.45, 2.75) is 38.8 Å². The molecule has 0 aromatic carbocycles. The molecule has 0 saturated carbocycles. The predicted octanol–water partition coefficient (Wildman–Crippen LogP) is 2.22. The average molecular weight is 376 g/mol. The molecule has 1 aliphatic rings. The molecule has 1 saturated heterocycles. The number of nitrogens with one attached hydrogen (secondary N) is 1. The number of nitrogens with zero attached hydrogens (tertiary/aromatic N) is 2. The Kier molecular flexibility index (Phi) is 5.86. The predicted molar refractivity (Wildman–Crippen MR) is 98.5 cm³/mol. The molecule has 2 N–H and O–H groups in total. The highest BCUT2D eigenvalue weighted by Crippen LogP contribution is 2.18. The fourth-order valence-electron chi connectivity index (χ4n) is 2.94. The lowest BCUT2D eigenvalue weighted by atomic mass is 10.00.